The molecule has 0 saturated heterocycles. The fourth-order valence-corrected chi connectivity index (χ4v) is 7.25. The molecule has 0 radical (unpaired) electrons. The van der Waals surface area contributed by atoms with E-state index in [1.54, 1.807) is 68.7 Å². The third-order valence-corrected chi connectivity index (χ3v) is 10.4. The number of fused-ring (bicyclic) bond motifs is 1. The minimum Gasteiger partial charge on any atom is -0.487 e. The van der Waals surface area contributed by atoms with E-state index >= 15 is 0 Å². The second-order valence-electron chi connectivity index (χ2n) is 9.49. The van der Waals surface area contributed by atoms with Crippen molar-refractivity contribution in [2.45, 2.75) is 35.8 Å². The number of ether oxygens (including phenoxy) is 1. The van der Waals surface area contributed by atoms with Gasteiger partial charge in [0, 0.05) is 49.1 Å². The number of aromatic nitrogens is 1. The first-order valence-electron chi connectivity index (χ1n) is 12.4. The minimum atomic E-state index is -4.03. The number of hydrogen-bond donors (Lipinski definition) is 1. The minimum absolute atomic E-state index is 0.0217. The molecule has 1 aliphatic rings. The summed E-state index contributed by atoms with van der Waals surface area (Å²) < 4.78 is 62.5. The van der Waals surface area contributed by atoms with Gasteiger partial charge in [-0.15, -0.1) is 0 Å². The highest BCUT2D eigenvalue weighted by molar-refractivity contribution is 7.89. The van der Waals surface area contributed by atoms with Gasteiger partial charge in [-0.1, -0.05) is 37.0 Å². The molecule has 3 aromatic rings. The number of pyridine rings is 1. The van der Waals surface area contributed by atoms with Crippen molar-refractivity contribution in [1.29, 1.82) is 0 Å². The summed E-state index contributed by atoms with van der Waals surface area (Å²) in [6, 6.07) is 15.5. The lowest BCUT2D eigenvalue weighted by molar-refractivity contribution is 0.0904. The molecule has 0 saturated carbocycles. The third-order valence-electron chi connectivity index (χ3n) is 6.59. The fraction of sp³-hybridized carbons (Fsp3) is 0.321. The zero-order chi connectivity index (χ0) is 28.2. The van der Waals surface area contributed by atoms with E-state index in [-0.39, 0.29) is 35.2 Å². The monoisotopic (exact) mass is 569 g/mol. The molecule has 2 heterocycles. The number of rotatable bonds is 6. The van der Waals surface area contributed by atoms with Gasteiger partial charge in [-0.25, -0.2) is 16.8 Å². The van der Waals surface area contributed by atoms with E-state index in [0.717, 1.165) is 5.56 Å². The van der Waals surface area contributed by atoms with Crippen LogP contribution in [0.1, 0.15) is 25.0 Å². The van der Waals surface area contributed by atoms with Crippen molar-refractivity contribution in [1.82, 2.24) is 13.6 Å². The maximum atomic E-state index is 13.7. The molecule has 2 aromatic carbocycles. The summed E-state index contributed by atoms with van der Waals surface area (Å²) in [6.07, 6.45) is 2.56. The lowest BCUT2D eigenvalue weighted by Crippen LogP contribution is -2.50. The predicted octanol–water partition coefficient (Wildman–Crippen LogP) is 2.57. The van der Waals surface area contributed by atoms with Crippen molar-refractivity contribution >= 4 is 20.0 Å². The Morgan fingerprint density at radius 2 is 1.77 bits per heavy atom. The molecule has 3 atom stereocenters. The SMILES string of the molecule is C[C@H](CO)N1C[C@H](C)[C@H](CN(C)S(=O)(=O)c2ccccc2)Oc2cc(C#Cc3ccncc3)ccc2S1(=O)=O. The second-order valence-corrected chi connectivity index (χ2v) is 13.4. The van der Waals surface area contributed by atoms with Crippen LogP contribution in [0, 0.1) is 17.8 Å². The Labute approximate surface area is 230 Å². The van der Waals surface area contributed by atoms with Gasteiger partial charge < -0.3 is 9.84 Å². The van der Waals surface area contributed by atoms with Crippen LogP contribution in [-0.2, 0) is 20.0 Å². The van der Waals surface area contributed by atoms with Crippen LogP contribution in [0.15, 0.2) is 82.8 Å². The van der Waals surface area contributed by atoms with Gasteiger partial charge in [0.05, 0.1) is 18.0 Å². The number of aliphatic hydroxyl groups excluding tert-OH is 1. The van der Waals surface area contributed by atoms with Gasteiger partial charge in [-0.05, 0) is 49.4 Å². The van der Waals surface area contributed by atoms with Crippen LogP contribution in [0.25, 0.3) is 0 Å². The number of aliphatic hydroxyl groups is 1. The number of hydrogen-bond acceptors (Lipinski definition) is 7. The van der Waals surface area contributed by atoms with Crippen molar-refractivity contribution in [2.24, 2.45) is 5.92 Å². The molecule has 206 valence electrons. The van der Waals surface area contributed by atoms with Crippen molar-refractivity contribution < 1.29 is 26.7 Å². The van der Waals surface area contributed by atoms with Gasteiger partial charge in [0.25, 0.3) is 0 Å². The Morgan fingerprint density at radius 3 is 2.44 bits per heavy atom. The van der Waals surface area contributed by atoms with Gasteiger partial charge in [0.2, 0.25) is 20.0 Å². The molecule has 1 aromatic heterocycles. The van der Waals surface area contributed by atoms with Crippen LogP contribution in [0.2, 0.25) is 0 Å². The van der Waals surface area contributed by atoms with Gasteiger partial charge in [-0.2, -0.15) is 8.61 Å². The topological polar surface area (TPSA) is 117 Å². The Morgan fingerprint density at radius 1 is 1.10 bits per heavy atom. The number of likely N-dealkylation sites (N-methyl/N-ethyl adjacent to an activating group) is 1. The standard InChI is InChI=1S/C28H31N3O6S2/c1-21-18-31(22(2)20-32)39(35,36)28-12-11-24(10-9-23-13-15-29-16-14-23)17-26(28)37-27(21)19-30(3)38(33,34)25-7-5-4-6-8-25/h4-8,11-17,21-22,27,32H,18-20H2,1-3H3/t21-,22+,27-/m0/s1. The molecule has 11 heteroatoms. The normalized spacial score (nSPS) is 20.0. The van der Waals surface area contributed by atoms with E-state index in [9.17, 15) is 21.9 Å². The van der Waals surface area contributed by atoms with Crippen LogP contribution in [0.3, 0.4) is 0 Å². The Balaban J connectivity index is 1.75. The summed E-state index contributed by atoms with van der Waals surface area (Å²) in [5.74, 6) is 5.70. The first kappa shape index (κ1) is 28.7. The van der Waals surface area contributed by atoms with Crippen LogP contribution < -0.4 is 4.74 Å². The quantitative estimate of drug-likeness (QED) is 0.454. The zero-order valence-corrected chi connectivity index (χ0v) is 23.6. The molecule has 0 bridgehead atoms. The summed E-state index contributed by atoms with van der Waals surface area (Å²) in [6.45, 7) is 3.08. The molecule has 0 amide bonds. The van der Waals surface area contributed by atoms with Crippen LogP contribution in [-0.4, -0.2) is 74.4 Å². The van der Waals surface area contributed by atoms with Crippen molar-refractivity contribution in [3.63, 3.8) is 0 Å². The predicted molar refractivity (Wildman–Crippen MR) is 147 cm³/mol. The summed E-state index contributed by atoms with van der Waals surface area (Å²) in [5.41, 5.74) is 1.27. The summed E-state index contributed by atoms with van der Waals surface area (Å²) in [7, 11) is -6.37. The molecule has 39 heavy (non-hydrogen) atoms. The smallest absolute Gasteiger partial charge is 0.247 e. The first-order valence-corrected chi connectivity index (χ1v) is 15.3. The highest BCUT2D eigenvalue weighted by Gasteiger charge is 2.39. The average Bonchev–Trinajstić information content (AvgIpc) is 2.94. The average molecular weight is 570 g/mol. The maximum absolute atomic E-state index is 13.7. The Bertz CT molecular complexity index is 1570. The lowest BCUT2D eigenvalue weighted by Gasteiger charge is -2.37. The van der Waals surface area contributed by atoms with E-state index in [0.29, 0.717) is 5.56 Å². The molecule has 0 unspecified atom stereocenters. The summed E-state index contributed by atoms with van der Waals surface area (Å²) in [4.78, 5) is 4.06. The van der Waals surface area contributed by atoms with Crippen LogP contribution >= 0.6 is 0 Å². The summed E-state index contributed by atoms with van der Waals surface area (Å²) >= 11 is 0. The maximum Gasteiger partial charge on any atom is 0.247 e. The van der Waals surface area contributed by atoms with E-state index in [4.69, 9.17) is 4.74 Å². The number of benzene rings is 2. The van der Waals surface area contributed by atoms with E-state index in [2.05, 4.69) is 16.8 Å². The van der Waals surface area contributed by atoms with E-state index in [1.165, 1.54) is 33.9 Å². The van der Waals surface area contributed by atoms with Crippen LogP contribution in [0.4, 0.5) is 0 Å². The fourth-order valence-electron chi connectivity index (χ4n) is 4.22. The Kier molecular flexibility index (Phi) is 8.73. The molecule has 4 rings (SSSR count). The second kappa shape index (κ2) is 11.9. The van der Waals surface area contributed by atoms with Gasteiger partial charge >= 0.3 is 0 Å². The molecular formula is C28H31N3O6S2. The molecule has 0 aliphatic carbocycles. The molecule has 1 N–H and O–H groups in total. The molecule has 1 aliphatic heterocycles. The highest BCUT2D eigenvalue weighted by atomic mass is 32.2. The zero-order valence-electron chi connectivity index (χ0n) is 21.9. The van der Waals surface area contributed by atoms with Gasteiger partial charge in [0.15, 0.2) is 0 Å². The molecule has 9 nitrogen and oxygen atoms in total. The molecule has 0 fully saturated rings. The van der Waals surface area contributed by atoms with Crippen molar-refractivity contribution in [2.75, 3.05) is 26.7 Å². The van der Waals surface area contributed by atoms with Gasteiger partial charge in [-0.3, -0.25) is 4.98 Å². The number of nitrogens with zero attached hydrogens (tertiary/aromatic N) is 3. The van der Waals surface area contributed by atoms with E-state index in [1.807, 2.05) is 0 Å². The highest BCUT2D eigenvalue weighted by Crippen LogP contribution is 2.34. The third kappa shape index (κ3) is 6.32. The summed E-state index contributed by atoms with van der Waals surface area (Å²) in [5, 5.41) is 9.83. The Hall–Kier alpha value is -3.27. The van der Waals surface area contributed by atoms with Gasteiger partial charge in [0.1, 0.15) is 16.7 Å². The largest absolute Gasteiger partial charge is 0.487 e. The van der Waals surface area contributed by atoms with Crippen LogP contribution in [0.5, 0.6) is 5.75 Å². The number of sulfonamides is 2. The van der Waals surface area contributed by atoms with Crippen molar-refractivity contribution in [3.8, 4) is 17.6 Å². The lowest BCUT2D eigenvalue weighted by atomic mass is 10.0. The van der Waals surface area contributed by atoms with E-state index < -0.39 is 38.1 Å². The molecule has 0 spiro atoms. The molecular weight excluding hydrogens is 538 g/mol. The van der Waals surface area contributed by atoms with Crippen molar-refractivity contribution in [3.05, 3.63) is 84.2 Å². The first-order chi connectivity index (χ1) is 18.5.